The summed E-state index contributed by atoms with van der Waals surface area (Å²) < 4.78 is 0. The van der Waals surface area contributed by atoms with Crippen LogP contribution in [0.4, 0.5) is 0 Å². The number of carbonyl (C=O) groups excluding carboxylic acids is 4. The molecule has 2 heterocycles. The van der Waals surface area contributed by atoms with Crippen LogP contribution < -0.4 is 0 Å². The van der Waals surface area contributed by atoms with Crippen molar-refractivity contribution in [3.8, 4) is 6.07 Å². The minimum absolute atomic E-state index is 0.135. The second-order valence-electron chi connectivity index (χ2n) is 7.75. The summed E-state index contributed by atoms with van der Waals surface area (Å²) in [7, 11) is 0. The van der Waals surface area contributed by atoms with E-state index in [1.165, 1.54) is 11.8 Å². The first-order chi connectivity index (χ1) is 16.0. The van der Waals surface area contributed by atoms with Crippen molar-refractivity contribution in [2.45, 2.75) is 22.6 Å². The molecule has 2 aliphatic heterocycles. The van der Waals surface area contributed by atoms with E-state index in [2.05, 4.69) is 6.07 Å². The van der Waals surface area contributed by atoms with Crippen LogP contribution in [0.2, 0.25) is 0 Å². The third-order valence-electron chi connectivity index (χ3n) is 5.71. The SMILES string of the molecule is N#Cc1ccccc1Sc1ccccc1C(=O)N1CCN(C(=O)CN2C(=O)CCC2=O)CC1. The van der Waals surface area contributed by atoms with Gasteiger partial charge in [-0.3, -0.25) is 24.1 Å². The molecule has 168 valence electrons. The van der Waals surface area contributed by atoms with Crippen LogP contribution in [0.15, 0.2) is 58.3 Å². The van der Waals surface area contributed by atoms with E-state index < -0.39 is 0 Å². The molecule has 0 saturated carbocycles. The van der Waals surface area contributed by atoms with Crippen molar-refractivity contribution in [3.63, 3.8) is 0 Å². The highest BCUT2D eigenvalue weighted by molar-refractivity contribution is 7.99. The van der Waals surface area contributed by atoms with Gasteiger partial charge in [-0.25, -0.2) is 0 Å². The second-order valence-corrected chi connectivity index (χ2v) is 8.84. The normalized spacial score (nSPS) is 16.2. The molecule has 0 radical (unpaired) electrons. The maximum absolute atomic E-state index is 13.3. The number of piperazine rings is 1. The van der Waals surface area contributed by atoms with Crippen molar-refractivity contribution in [1.29, 1.82) is 5.26 Å². The van der Waals surface area contributed by atoms with Gasteiger partial charge in [0.2, 0.25) is 17.7 Å². The molecule has 9 heteroatoms. The highest BCUT2D eigenvalue weighted by Gasteiger charge is 2.33. The zero-order valence-corrected chi connectivity index (χ0v) is 18.7. The van der Waals surface area contributed by atoms with E-state index >= 15 is 0 Å². The van der Waals surface area contributed by atoms with Gasteiger partial charge in [0.25, 0.3) is 5.91 Å². The van der Waals surface area contributed by atoms with Crippen LogP contribution in [0.3, 0.4) is 0 Å². The van der Waals surface area contributed by atoms with Gasteiger partial charge >= 0.3 is 0 Å². The lowest BCUT2D eigenvalue weighted by Gasteiger charge is -2.35. The summed E-state index contributed by atoms with van der Waals surface area (Å²) in [6.45, 7) is 1.17. The van der Waals surface area contributed by atoms with Crippen molar-refractivity contribution < 1.29 is 19.2 Å². The highest BCUT2D eigenvalue weighted by atomic mass is 32.2. The zero-order valence-electron chi connectivity index (χ0n) is 17.9. The third-order valence-corrected chi connectivity index (χ3v) is 6.86. The Morgan fingerprint density at radius 2 is 1.42 bits per heavy atom. The highest BCUT2D eigenvalue weighted by Crippen LogP contribution is 2.33. The van der Waals surface area contributed by atoms with Gasteiger partial charge in [-0.15, -0.1) is 0 Å². The first kappa shape index (κ1) is 22.6. The molecule has 2 aromatic carbocycles. The number of likely N-dealkylation sites (tertiary alicyclic amines) is 1. The minimum Gasteiger partial charge on any atom is -0.338 e. The average Bonchev–Trinajstić information content (AvgIpc) is 3.16. The Morgan fingerprint density at radius 3 is 2.09 bits per heavy atom. The van der Waals surface area contributed by atoms with Crippen molar-refractivity contribution in [2.24, 2.45) is 0 Å². The van der Waals surface area contributed by atoms with Crippen LogP contribution in [0.25, 0.3) is 0 Å². The molecule has 2 fully saturated rings. The first-order valence-electron chi connectivity index (χ1n) is 10.6. The summed E-state index contributed by atoms with van der Waals surface area (Å²) in [6.07, 6.45) is 0.315. The van der Waals surface area contributed by atoms with Gasteiger partial charge < -0.3 is 9.80 Å². The predicted molar refractivity (Wildman–Crippen MR) is 120 cm³/mol. The van der Waals surface area contributed by atoms with Crippen LogP contribution in [0, 0.1) is 11.3 Å². The molecule has 4 amide bonds. The number of amides is 4. The smallest absolute Gasteiger partial charge is 0.255 e. The van der Waals surface area contributed by atoms with E-state index in [9.17, 15) is 24.4 Å². The van der Waals surface area contributed by atoms with Crippen LogP contribution >= 0.6 is 11.8 Å². The van der Waals surface area contributed by atoms with Gasteiger partial charge in [-0.1, -0.05) is 36.0 Å². The quantitative estimate of drug-likeness (QED) is 0.631. The summed E-state index contributed by atoms with van der Waals surface area (Å²) in [5, 5.41) is 9.36. The fourth-order valence-electron chi connectivity index (χ4n) is 3.86. The molecule has 4 rings (SSSR count). The monoisotopic (exact) mass is 462 g/mol. The standard InChI is InChI=1S/C24H22N4O4S/c25-15-17-5-1-3-7-19(17)33-20-8-4-2-6-18(20)24(32)27-13-11-26(12-14-27)23(31)16-28-21(29)9-10-22(28)30/h1-8H,9-14,16H2. The van der Waals surface area contributed by atoms with E-state index in [4.69, 9.17) is 0 Å². The number of hydrogen-bond acceptors (Lipinski definition) is 6. The number of nitriles is 1. The molecular formula is C24H22N4O4S. The Bertz CT molecular complexity index is 1140. The summed E-state index contributed by atoms with van der Waals surface area (Å²) in [5.74, 6) is -1.04. The van der Waals surface area contributed by atoms with Crippen LogP contribution in [0.1, 0.15) is 28.8 Å². The number of imide groups is 1. The van der Waals surface area contributed by atoms with Gasteiger partial charge in [-0.05, 0) is 24.3 Å². The van der Waals surface area contributed by atoms with E-state index in [-0.39, 0.29) is 43.0 Å². The van der Waals surface area contributed by atoms with Gasteiger partial charge in [-0.2, -0.15) is 5.26 Å². The number of hydrogen-bond donors (Lipinski definition) is 0. The van der Waals surface area contributed by atoms with E-state index in [0.717, 1.165) is 14.7 Å². The lowest BCUT2D eigenvalue weighted by Crippen LogP contribution is -2.53. The predicted octanol–water partition coefficient (Wildman–Crippen LogP) is 2.14. The number of rotatable bonds is 5. The molecule has 2 aliphatic rings. The van der Waals surface area contributed by atoms with Crippen LogP contribution in [-0.4, -0.2) is 71.1 Å². The van der Waals surface area contributed by atoms with Crippen molar-refractivity contribution in [2.75, 3.05) is 32.7 Å². The maximum Gasteiger partial charge on any atom is 0.255 e. The third kappa shape index (κ3) is 4.91. The molecule has 33 heavy (non-hydrogen) atoms. The molecule has 0 atom stereocenters. The summed E-state index contributed by atoms with van der Waals surface area (Å²) in [6, 6.07) is 16.7. The largest absolute Gasteiger partial charge is 0.338 e. The molecular weight excluding hydrogens is 440 g/mol. The summed E-state index contributed by atoms with van der Waals surface area (Å²) in [5.41, 5.74) is 1.09. The molecule has 2 saturated heterocycles. The Kier molecular flexibility index (Phi) is 6.75. The van der Waals surface area contributed by atoms with E-state index in [1.807, 2.05) is 24.3 Å². The summed E-state index contributed by atoms with van der Waals surface area (Å²) >= 11 is 1.38. The average molecular weight is 463 g/mol. The van der Waals surface area contributed by atoms with Crippen molar-refractivity contribution >= 4 is 35.4 Å². The zero-order chi connectivity index (χ0) is 23.4. The van der Waals surface area contributed by atoms with Crippen LogP contribution in [0.5, 0.6) is 0 Å². The fraction of sp³-hybridized carbons (Fsp3) is 0.292. The Morgan fingerprint density at radius 1 is 0.848 bits per heavy atom. The lowest BCUT2D eigenvalue weighted by molar-refractivity contribution is -0.146. The minimum atomic E-state index is -0.311. The Hall–Kier alpha value is -3.64. The molecule has 0 bridgehead atoms. The molecule has 8 nitrogen and oxygen atoms in total. The molecule has 0 unspecified atom stereocenters. The Labute approximate surface area is 195 Å². The van der Waals surface area contributed by atoms with Gasteiger partial charge in [0.1, 0.15) is 12.6 Å². The number of carbonyl (C=O) groups is 4. The summed E-state index contributed by atoms with van der Waals surface area (Å²) in [4.78, 5) is 55.2. The molecule has 0 spiro atoms. The van der Waals surface area contributed by atoms with Crippen LogP contribution in [-0.2, 0) is 14.4 Å². The van der Waals surface area contributed by atoms with E-state index in [0.29, 0.717) is 37.3 Å². The second kappa shape index (κ2) is 9.88. The van der Waals surface area contributed by atoms with Gasteiger partial charge in [0.15, 0.2) is 0 Å². The lowest BCUT2D eigenvalue weighted by atomic mass is 10.1. The number of benzene rings is 2. The van der Waals surface area contributed by atoms with Crippen molar-refractivity contribution in [3.05, 3.63) is 59.7 Å². The van der Waals surface area contributed by atoms with Gasteiger partial charge in [0.05, 0.1) is 11.1 Å². The maximum atomic E-state index is 13.3. The van der Waals surface area contributed by atoms with E-state index in [1.54, 1.807) is 34.1 Å². The topological polar surface area (TPSA) is 102 Å². The molecule has 2 aromatic rings. The molecule has 0 aromatic heterocycles. The first-order valence-corrected chi connectivity index (χ1v) is 11.5. The van der Waals surface area contributed by atoms with Crippen molar-refractivity contribution in [1.82, 2.24) is 14.7 Å². The number of nitrogens with zero attached hydrogens (tertiary/aromatic N) is 4. The molecule has 0 N–H and O–H groups in total. The Balaban J connectivity index is 1.40. The van der Waals surface area contributed by atoms with Gasteiger partial charge in [0, 0.05) is 48.8 Å². The fourth-order valence-corrected chi connectivity index (χ4v) is 4.88. The molecule has 0 aliphatic carbocycles.